The van der Waals surface area contributed by atoms with Crippen molar-refractivity contribution in [2.75, 3.05) is 0 Å². The smallest absolute Gasteiger partial charge is 0.284 e. The monoisotopic (exact) mass is 344 g/mol. The molecule has 0 spiro atoms. The number of aromatic nitrogens is 4. The second-order valence-electron chi connectivity index (χ2n) is 5.20. The molecule has 0 saturated heterocycles. The van der Waals surface area contributed by atoms with E-state index in [1.54, 1.807) is 0 Å². The van der Waals surface area contributed by atoms with Crippen LogP contribution in [0.2, 0.25) is 0 Å². The average Bonchev–Trinajstić information content (AvgIpc) is 3.25. The summed E-state index contributed by atoms with van der Waals surface area (Å²) in [5.41, 5.74) is 0.792. The predicted octanol–water partition coefficient (Wildman–Crippen LogP) is 4.61. The van der Waals surface area contributed by atoms with Gasteiger partial charge in [-0.3, -0.25) is 0 Å². The van der Waals surface area contributed by atoms with E-state index in [4.69, 9.17) is 8.83 Å². The number of hydrogen-bond acceptors (Lipinski definition) is 8. The Hall–Kier alpha value is -2.19. The van der Waals surface area contributed by atoms with Crippen molar-refractivity contribution in [2.24, 2.45) is 0 Å². The zero-order chi connectivity index (χ0) is 15.8. The molecule has 0 N–H and O–H groups in total. The number of para-hydroxylation sites is 1. The Morgan fingerprint density at radius 2 is 2.00 bits per heavy atom. The van der Waals surface area contributed by atoms with E-state index in [2.05, 4.69) is 33.4 Å². The maximum Gasteiger partial charge on any atom is 0.284 e. The number of benzene rings is 1. The van der Waals surface area contributed by atoms with Gasteiger partial charge in [-0.15, -0.1) is 10.2 Å². The maximum absolute atomic E-state index is 5.72. The summed E-state index contributed by atoms with van der Waals surface area (Å²) in [6.45, 7) is 4.12. The van der Waals surface area contributed by atoms with Crippen molar-refractivity contribution in [1.29, 1.82) is 0 Å². The third kappa shape index (κ3) is 2.87. The van der Waals surface area contributed by atoms with Crippen molar-refractivity contribution < 1.29 is 8.83 Å². The minimum absolute atomic E-state index is 0.300. The first-order valence-corrected chi connectivity index (χ1v) is 8.62. The van der Waals surface area contributed by atoms with Crippen LogP contribution in [0.25, 0.3) is 22.6 Å². The van der Waals surface area contributed by atoms with Gasteiger partial charge in [0.05, 0.1) is 0 Å². The van der Waals surface area contributed by atoms with E-state index >= 15 is 0 Å². The summed E-state index contributed by atoms with van der Waals surface area (Å²) in [6.07, 6.45) is 0. The molecule has 0 aliphatic heterocycles. The van der Waals surface area contributed by atoms with Crippen LogP contribution in [-0.4, -0.2) is 19.6 Å². The minimum atomic E-state index is 0.300. The van der Waals surface area contributed by atoms with Crippen LogP contribution in [0.15, 0.2) is 48.7 Å². The summed E-state index contributed by atoms with van der Waals surface area (Å²) in [5.74, 6) is 2.05. The van der Waals surface area contributed by atoms with Crippen LogP contribution in [0, 0.1) is 0 Å². The Bertz CT molecular complexity index is 924. The SMILES string of the molecule is CC(C)c1nsc(Sc2nnc(-c3cc4ccccc4o3)o2)n1. The molecule has 6 nitrogen and oxygen atoms in total. The van der Waals surface area contributed by atoms with Gasteiger partial charge in [-0.05, 0) is 23.7 Å². The molecule has 3 aromatic heterocycles. The first-order valence-electron chi connectivity index (χ1n) is 7.03. The Morgan fingerprint density at radius 3 is 2.78 bits per heavy atom. The van der Waals surface area contributed by atoms with Gasteiger partial charge in [0.15, 0.2) is 10.1 Å². The summed E-state index contributed by atoms with van der Waals surface area (Å²) in [4.78, 5) is 4.44. The van der Waals surface area contributed by atoms with Gasteiger partial charge < -0.3 is 8.83 Å². The molecule has 0 amide bonds. The predicted molar refractivity (Wildman–Crippen MR) is 87.6 cm³/mol. The quantitative estimate of drug-likeness (QED) is 0.535. The fourth-order valence-corrected chi connectivity index (χ4v) is 3.53. The van der Waals surface area contributed by atoms with Gasteiger partial charge in [-0.2, -0.15) is 4.37 Å². The van der Waals surface area contributed by atoms with Gasteiger partial charge in [0.2, 0.25) is 0 Å². The minimum Gasteiger partial charge on any atom is -0.451 e. The van der Waals surface area contributed by atoms with Crippen LogP contribution in [0.1, 0.15) is 25.6 Å². The molecule has 0 atom stereocenters. The van der Waals surface area contributed by atoms with E-state index in [1.165, 1.54) is 23.3 Å². The van der Waals surface area contributed by atoms with Gasteiger partial charge in [0, 0.05) is 23.1 Å². The number of fused-ring (bicyclic) bond motifs is 1. The molecular weight excluding hydrogens is 332 g/mol. The van der Waals surface area contributed by atoms with Crippen molar-refractivity contribution in [1.82, 2.24) is 19.6 Å². The highest BCUT2D eigenvalue weighted by Crippen LogP contribution is 2.32. The summed E-state index contributed by atoms with van der Waals surface area (Å²) in [6, 6.07) is 9.65. The third-order valence-corrected chi connectivity index (χ3v) is 4.76. The molecule has 0 aliphatic carbocycles. The second kappa shape index (κ2) is 5.78. The first kappa shape index (κ1) is 14.4. The highest BCUT2D eigenvalue weighted by Gasteiger charge is 2.16. The number of rotatable bonds is 4. The number of nitrogens with zero attached hydrogens (tertiary/aromatic N) is 4. The third-order valence-electron chi connectivity index (χ3n) is 3.16. The Balaban J connectivity index is 1.58. The van der Waals surface area contributed by atoms with E-state index < -0.39 is 0 Å². The fraction of sp³-hybridized carbons (Fsp3) is 0.200. The molecule has 23 heavy (non-hydrogen) atoms. The molecule has 0 aliphatic rings. The number of furan rings is 1. The Labute approximate surface area is 140 Å². The van der Waals surface area contributed by atoms with E-state index in [-0.39, 0.29) is 0 Å². The normalized spacial score (nSPS) is 11.6. The van der Waals surface area contributed by atoms with Crippen LogP contribution in [0.5, 0.6) is 0 Å². The summed E-state index contributed by atoms with van der Waals surface area (Å²) in [7, 11) is 0. The van der Waals surface area contributed by atoms with E-state index in [9.17, 15) is 0 Å². The van der Waals surface area contributed by atoms with Crippen LogP contribution in [0.3, 0.4) is 0 Å². The van der Waals surface area contributed by atoms with Crippen molar-refractivity contribution in [2.45, 2.75) is 29.3 Å². The van der Waals surface area contributed by atoms with Crippen molar-refractivity contribution in [3.8, 4) is 11.7 Å². The lowest BCUT2D eigenvalue weighted by atomic mass is 10.2. The molecule has 8 heteroatoms. The molecule has 0 radical (unpaired) electrons. The molecule has 0 unspecified atom stereocenters. The van der Waals surface area contributed by atoms with E-state index in [1.807, 2.05) is 30.3 Å². The van der Waals surface area contributed by atoms with Crippen molar-refractivity contribution in [3.05, 3.63) is 36.2 Å². The van der Waals surface area contributed by atoms with Crippen LogP contribution >= 0.6 is 23.3 Å². The molecule has 4 rings (SSSR count). The lowest BCUT2D eigenvalue weighted by molar-refractivity contribution is 0.451. The average molecular weight is 344 g/mol. The van der Waals surface area contributed by atoms with Crippen LogP contribution in [-0.2, 0) is 0 Å². The van der Waals surface area contributed by atoms with Crippen LogP contribution < -0.4 is 0 Å². The fourth-order valence-electron chi connectivity index (χ4n) is 2.01. The lowest BCUT2D eigenvalue weighted by Crippen LogP contribution is -1.88. The lowest BCUT2D eigenvalue weighted by Gasteiger charge is -1.93. The highest BCUT2D eigenvalue weighted by molar-refractivity contribution is 8.00. The number of hydrogen-bond donors (Lipinski definition) is 0. The molecule has 3 heterocycles. The second-order valence-corrected chi connectivity index (χ2v) is 7.15. The van der Waals surface area contributed by atoms with E-state index in [0.29, 0.717) is 22.8 Å². The topological polar surface area (TPSA) is 77.8 Å². The molecular formula is C15H12N4O2S2. The standard InChI is InChI=1S/C15H12N4O2S2/c1-8(2)12-16-15(23-19-12)22-14-18-17-13(21-14)11-7-9-5-3-4-6-10(9)20-11/h3-8H,1-2H3. The van der Waals surface area contributed by atoms with Crippen molar-refractivity contribution in [3.63, 3.8) is 0 Å². The van der Waals surface area contributed by atoms with Gasteiger partial charge in [-0.1, -0.05) is 32.0 Å². The molecule has 116 valence electrons. The van der Waals surface area contributed by atoms with Gasteiger partial charge >= 0.3 is 0 Å². The van der Waals surface area contributed by atoms with Gasteiger partial charge in [0.1, 0.15) is 11.4 Å². The largest absolute Gasteiger partial charge is 0.451 e. The van der Waals surface area contributed by atoms with E-state index in [0.717, 1.165) is 21.1 Å². The molecule has 0 saturated carbocycles. The first-order chi connectivity index (χ1) is 11.2. The van der Waals surface area contributed by atoms with Crippen molar-refractivity contribution >= 4 is 34.3 Å². The van der Waals surface area contributed by atoms with Gasteiger partial charge in [0.25, 0.3) is 11.1 Å². The Morgan fingerprint density at radius 1 is 1.13 bits per heavy atom. The van der Waals surface area contributed by atoms with Gasteiger partial charge in [-0.25, -0.2) is 4.98 Å². The molecule has 0 fully saturated rings. The van der Waals surface area contributed by atoms with Crippen LogP contribution in [0.4, 0.5) is 0 Å². The zero-order valence-electron chi connectivity index (χ0n) is 12.4. The summed E-state index contributed by atoms with van der Waals surface area (Å²) >= 11 is 2.64. The molecule has 4 aromatic rings. The summed E-state index contributed by atoms with van der Waals surface area (Å²) in [5, 5.41) is 9.51. The zero-order valence-corrected chi connectivity index (χ0v) is 14.0. The summed E-state index contributed by atoms with van der Waals surface area (Å²) < 4.78 is 16.5. The maximum atomic E-state index is 5.72. The molecule has 0 bridgehead atoms. The molecule has 1 aromatic carbocycles. The highest BCUT2D eigenvalue weighted by atomic mass is 32.2. The Kier molecular flexibility index (Phi) is 3.62.